The van der Waals surface area contributed by atoms with Gasteiger partial charge in [0.2, 0.25) is 0 Å². The van der Waals surface area contributed by atoms with E-state index in [4.69, 9.17) is 0 Å². The standard InChI is InChI=1S/C16H26N2/c1-13(2)10-14-5-7-16(8-6-14)18-12-15-4-3-9-17-11-15/h5-8,13,15,17-18H,3-4,9-12H2,1-2H3. The van der Waals surface area contributed by atoms with E-state index in [0.29, 0.717) is 0 Å². The van der Waals surface area contributed by atoms with Crippen LogP contribution in [0.25, 0.3) is 0 Å². The van der Waals surface area contributed by atoms with Crippen LogP contribution < -0.4 is 10.6 Å². The van der Waals surface area contributed by atoms with Gasteiger partial charge in [-0.3, -0.25) is 0 Å². The molecule has 0 amide bonds. The molecule has 18 heavy (non-hydrogen) atoms. The van der Waals surface area contributed by atoms with Crippen molar-refractivity contribution in [1.29, 1.82) is 0 Å². The SMILES string of the molecule is CC(C)Cc1ccc(NCC2CCCNC2)cc1. The lowest BCUT2D eigenvalue weighted by Crippen LogP contribution is -2.33. The summed E-state index contributed by atoms with van der Waals surface area (Å²) >= 11 is 0. The fourth-order valence-corrected chi connectivity index (χ4v) is 2.59. The second kappa shape index (κ2) is 6.79. The van der Waals surface area contributed by atoms with Crippen molar-refractivity contribution in [3.63, 3.8) is 0 Å². The van der Waals surface area contributed by atoms with Crippen LogP contribution in [0.3, 0.4) is 0 Å². The van der Waals surface area contributed by atoms with E-state index in [1.807, 2.05) is 0 Å². The Hall–Kier alpha value is -1.02. The molecule has 1 heterocycles. The number of nitrogens with one attached hydrogen (secondary N) is 2. The maximum absolute atomic E-state index is 3.55. The van der Waals surface area contributed by atoms with E-state index >= 15 is 0 Å². The molecule has 0 spiro atoms. The topological polar surface area (TPSA) is 24.1 Å². The highest BCUT2D eigenvalue weighted by atomic mass is 14.9. The van der Waals surface area contributed by atoms with Crippen LogP contribution in [-0.4, -0.2) is 19.6 Å². The molecule has 0 radical (unpaired) electrons. The van der Waals surface area contributed by atoms with Crippen molar-refractivity contribution in [2.75, 3.05) is 25.0 Å². The first kappa shape index (κ1) is 13.4. The third kappa shape index (κ3) is 4.34. The molecule has 0 saturated carbocycles. The summed E-state index contributed by atoms with van der Waals surface area (Å²) in [5.74, 6) is 1.52. The van der Waals surface area contributed by atoms with E-state index in [1.165, 1.54) is 43.6 Å². The van der Waals surface area contributed by atoms with Crippen LogP contribution in [0.4, 0.5) is 5.69 Å². The zero-order valence-electron chi connectivity index (χ0n) is 11.7. The summed E-state index contributed by atoms with van der Waals surface area (Å²) in [5, 5.41) is 7.02. The number of hydrogen-bond acceptors (Lipinski definition) is 2. The fraction of sp³-hybridized carbons (Fsp3) is 0.625. The van der Waals surface area contributed by atoms with Gasteiger partial charge in [-0.15, -0.1) is 0 Å². The maximum Gasteiger partial charge on any atom is 0.0340 e. The third-order valence-electron chi connectivity index (χ3n) is 3.59. The second-order valence-corrected chi connectivity index (χ2v) is 5.89. The first-order chi connectivity index (χ1) is 8.74. The third-order valence-corrected chi connectivity index (χ3v) is 3.59. The van der Waals surface area contributed by atoms with E-state index < -0.39 is 0 Å². The van der Waals surface area contributed by atoms with Gasteiger partial charge in [-0.25, -0.2) is 0 Å². The van der Waals surface area contributed by atoms with Crippen molar-refractivity contribution < 1.29 is 0 Å². The summed E-state index contributed by atoms with van der Waals surface area (Å²) in [6, 6.07) is 8.94. The fourth-order valence-electron chi connectivity index (χ4n) is 2.59. The van der Waals surface area contributed by atoms with E-state index in [-0.39, 0.29) is 0 Å². The molecule has 0 aliphatic carbocycles. The van der Waals surface area contributed by atoms with Crippen molar-refractivity contribution in [1.82, 2.24) is 5.32 Å². The smallest absolute Gasteiger partial charge is 0.0340 e. The second-order valence-electron chi connectivity index (χ2n) is 5.89. The monoisotopic (exact) mass is 246 g/mol. The number of benzene rings is 1. The Kier molecular flexibility index (Phi) is 5.06. The number of anilines is 1. The van der Waals surface area contributed by atoms with E-state index in [2.05, 4.69) is 48.7 Å². The van der Waals surface area contributed by atoms with Gasteiger partial charge in [0.15, 0.2) is 0 Å². The van der Waals surface area contributed by atoms with Gasteiger partial charge in [0, 0.05) is 12.2 Å². The minimum Gasteiger partial charge on any atom is -0.385 e. The van der Waals surface area contributed by atoms with Gasteiger partial charge < -0.3 is 10.6 Å². The summed E-state index contributed by atoms with van der Waals surface area (Å²) < 4.78 is 0. The lowest BCUT2D eigenvalue weighted by Gasteiger charge is -2.23. The average Bonchev–Trinajstić information content (AvgIpc) is 2.38. The molecule has 1 unspecified atom stereocenters. The van der Waals surface area contributed by atoms with Gasteiger partial charge in [-0.2, -0.15) is 0 Å². The van der Waals surface area contributed by atoms with Crippen molar-refractivity contribution in [2.24, 2.45) is 11.8 Å². The molecule has 1 atom stereocenters. The van der Waals surface area contributed by atoms with E-state index in [9.17, 15) is 0 Å². The molecule has 2 nitrogen and oxygen atoms in total. The van der Waals surface area contributed by atoms with Crippen molar-refractivity contribution in [3.8, 4) is 0 Å². The normalized spacial score (nSPS) is 20.1. The zero-order chi connectivity index (χ0) is 12.8. The Labute approximate surface area is 111 Å². The van der Waals surface area contributed by atoms with Crippen LogP contribution in [0.1, 0.15) is 32.3 Å². The van der Waals surface area contributed by atoms with Gasteiger partial charge in [-0.05, 0) is 61.9 Å². The lowest BCUT2D eigenvalue weighted by atomic mass is 9.99. The Morgan fingerprint density at radius 1 is 1.28 bits per heavy atom. The first-order valence-corrected chi connectivity index (χ1v) is 7.27. The number of rotatable bonds is 5. The molecule has 2 rings (SSSR count). The highest BCUT2D eigenvalue weighted by molar-refractivity contribution is 5.44. The Balaban J connectivity index is 1.78. The predicted octanol–water partition coefficient (Wildman–Crippen LogP) is 3.30. The minimum atomic E-state index is 0.733. The van der Waals surface area contributed by atoms with E-state index in [0.717, 1.165) is 18.4 Å². The molecule has 1 saturated heterocycles. The minimum absolute atomic E-state index is 0.733. The Bertz CT molecular complexity index is 337. The molecule has 2 heteroatoms. The molecule has 1 aromatic rings. The summed E-state index contributed by atoms with van der Waals surface area (Å²) in [7, 11) is 0. The van der Waals surface area contributed by atoms with Crippen LogP contribution in [0.15, 0.2) is 24.3 Å². The summed E-state index contributed by atoms with van der Waals surface area (Å²) in [6.07, 6.45) is 3.85. The molecule has 100 valence electrons. The molecule has 0 bridgehead atoms. The number of hydrogen-bond donors (Lipinski definition) is 2. The summed E-state index contributed by atoms with van der Waals surface area (Å²) in [6.45, 7) is 7.99. The highest BCUT2D eigenvalue weighted by Gasteiger charge is 2.12. The van der Waals surface area contributed by atoms with Crippen LogP contribution >= 0.6 is 0 Å². The molecule has 1 aromatic carbocycles. The molecular weight excluding hydrogens is 220 g/mol. The van der Waals surface area contributed by atoms with Crippen LogP contribution in [0.5, 0.6) is 0 Å². The predicted molar refractivity (Wildman–Crippen MR) is 79.1 cm³/mol. The molecule has 1 aliphatic heterocycles. The van der Waals surface area contributed by atoms with Crippen molar-refractivity contribution >= 4 is 5.69 Å². The van der Waals surface area contributed by atoms with Crippen LogP contribution in [0, 0.1) is 11.8 Å². The highest BCUT2D eigenvalue weighted by Crippen LogP contribution is 2.15. The molecule has 2 N–H and O–H groups in total. The Morgan fingerprint density at radius 3 is 2.67 bits per heavy atom. The quantitative estimate of drug-likeness (QED) is 0.833. The number of piperidine rings is 1. The zero-order valence-corrected chi connectivity index (χ0v) is 11.7. The lowest BCUT2D eigenvalue weighted by molar-refractivity contribution is 0.393. The molecule has 1 fully saturated rings. The summed E-state index contributed by atoms with van der Waals surface area (Å²) in [5.41, 5.74) is 2.70. The first-order valence-electron chi connectivity index (χ1n) is 7.27. The Morgan fingerprint density at radius 2 is 2.06 bits per heavy atom. The molecule has 0 aromatic heterocycles. The van der Waals surface area contributed by atoms with Gasteiger partial charge in [0.1, 0.15) is 0 Å². The maximum atomic E-state index is 3.55. The van der Waals surface area contributed by atoms with Gasteiger partial charge in [0.05, 0.1) is 0 Å². The van der Waals surface area contributed by atoms with Crippen LogP contribution in [0.2, 0.25) is 0 Å². The van der Waals surface area contributed by atoms with Gasteiger partial charge >= 0.3 is 0 Å². The largest absolute Gasteiger partial charge is 0.385 e. The molecular formula is C16H26N2. The van der Waals surface area contributed by atoms with Gasteiger partial charge in [-0.1, -0.05) is 26.0 Å². The van der Waals surface area contributed by atoms with Crippen LogP contribution in [-0.2, 0) is 6.42 Å². The van der Waals surface area contributed by atoms with Gasteiger partial charge in [0.25, 0.3) is 0 Å². The summed E-state index contributed by atoms with van der Waals surface area (Å²) in [4.78, 5) is 0. The van der Waals surface area contributed by atoms with Crippen molar-refractivity contribution in [2.45, 2.75) is 33.1 Å². The van der Waals surface area contributed by atoms with E-state index in [1.54, 1.807) is 0 Å². The van der Waals surface area contributed by atoms with Crippen molar-refractivity contribution in [3.05, 3.63) is 29.8 Å². The molecule has 1 aliphatic rings. The average molecular weight is 246 g/mol.